The zero-order valence-corrected chi connectivity index (χ0v) is 15.7. The van der Waals surface area contributed by atoms with Crippen LogP contribution in [0.15, 0.2) is 23.7 Å². The molecule has 12 heteroatoms. The van der Waals surface area contributed by atoms with Crippen LogP contribution < -0.4 is 4.90 Å². The predicted molar refractivity (Wildman–Crippen MR) is 95.5 cm³/mol. The molecule has 0 aliphatic rings. The summed E-state index contributed by atoms with van der Waals surface area (Å²) >= 11 is 7.11. The third-order valence-electron chi connectivity index (χ3n) is 3.39. The van der Waals surface area contributed by atoms with E-state index in [1.165, 1.54) is 18.3 Å². The average Bonchev–Trinajstić information content (AvgIpc) is 3.12. The van der Waals surface area contributed by atoms with Gasteiger partial charge in [-0.25, -0.2) is 9.78 Å². The Morgan fingerprint density at radius 1 is 1.52 bits per heavy atom. The Morgan fingerprint density at radius 2 is 2.26 bits per heavy atom. The second-order valence-corrected chi connectivity index (χ2v) is 6.65. The van der Waals surface area contributed by atoms with E-state index in [1.54, 1.807) is 12.1 Å². The number of nitro groups is 1. The maximum atomic E-state index is 14.3. The summed E-state index contributed by atoms with van der Waals surface area (Å²) in [6.45, 7) is -0.0181. The normalized spacial score (nSPS) is 11.3. The fourth-order valence-corrected chi connectivity index (χ4v) is 3.03. The lowest BCUT2D eigenvalue weighted by molar-refractivity contribution is -0.384. The number of alkyl halides is 2. The molecule has 2 aromatic rings. The molecule has 0 aromatic carbocycles. The van der Waals surface area contributed by atoms with E-state index in [-0.39, 0.29) is 24.3 Å². The molecule has 0 amide bonds. The minimum absolute atomic E-state index is 0.0519. The summed E-state index contributed by atoms with van der Waals surface area (Å²) in [6.07, 6.45) is 1.15. The maximum Gasteiger partial charge on any atom is 0.378 e. The molecule has 0 N–H and O–H groups in total. The van der Waals surface area contributed by atoms with E-state index < -0.39 is 29.0 Å². The molecule has 2 rings (SSSR count). The number of aromatic nitrogens is 2. The van der Waals surface area contributed by atoms with Gasteiger partial charge in [0.1, 0.15) is 6.20 Å². The van der Waals surface area contributed by atoms with Gasteiger partial charge < -0.3 is 9.64 Å². The molecule has 0 aliphatic heterocycles. The Bertz CT molecular complexity index is 807. The van der Waals surface area contributed by atoms with Crippen molar-refractivity contribution in [3.8, 4) is 0 Å². The van der Waals surface area contributed by atoms with Gasteiger partial charge >= 0.3 is 17.6 Å². The van der Waals surface area contributed by atoms with Gasteiger partial charge in [-0.2, -0.15) is 13.8 Å². The second-order valence-electron chi connectivity index (χ2n) is 5.28. The summed E-state index contributed by atoms with van der Waals surface area (Å²) in [5.74, 6) is -5.99. The number of rotatable bonds is 9. The topological polar surface area (TPSA) is 98.5 Å². The van der Waals surface area contributed by atoms with Crippen LogP contribution in [0.5, 0.6) is 0 Å². The van der Waals surface area contributed by atoms with Crippen molar-refractivity contribution in [1.29, 1.82) is 0 Å². The van der Waals surface area contributed by atoms with Gasteiger partial charge in [0.25, 0.3) is 0 Å². The molecule has 0 fully saturated rings. The monoisotopic (exact) mass is 420 g/mol. The number of ether oxygens (including phenoxy) is 1. The fraction of sp³-hybridized carbons (Fsp3) is 0.400. The predicted octanol–water partition coefficient (Wildman–Crippen LogP) is 3.35. The molecule has 27 heavy (non-hydrogen) atoms. The molecule has 146 valence electrons. The molecule has 2 aromatic heterocycles. The lowest BCUT2D eigenvalue weighted by Gasteiger charge is -2.26. The number of thiophene rings is 1. The van der Waals surface area contributed by atoms with Crippen LogP contribution in [0.3, 0.4) is 0 Å². The van der Waals surface area contributed by atoms with Crippen LogP contribution >= 0.6 is 22.9 Å². The number of nitrogens with zero attached hydrogens (tertiary/aromatic N) is 4. The number of hydrogen-bond donors (Lipinski definition) is 0. The number of esters is 1. The smallest absolute Gasteiger partial charge is 0.378 e. The van der Waals surface area contributed by atoms with Crippen molar-refractivity contribution < 1.29 is 23.2 Å². The third-order valence-corrected chi connectivity index (χ3v) is 4.51. The van der Waals surface area contributed by atoms with Crippen LogP contribution in [0, 0.1) is 10.1 Å². The second kappa shape index (κ2) is 9.00. The summed E-state index contributed by atoms with van der Waals surface area (Å²) < 4.78 is 32.9. The summed E-state index contributed by atoms with van der Waals surface area (Å²) in [4.78, 5) is 31.1. The van der Waals surface area contributed by atoms with Crippen molar-refractivity contribution in [2.45, 2.75) is 19.3 Å². The molecule has 2 heterocycles. The number of carbonyl (C=O) groups is 1. The molecule has 0 atom stereocenters. The highest BCUT2D eigenvalue weighted by Crippen LogP contribution is 2.29. The van der Waals surface area contributed by atoms with Gasteiger partial charge in [-0.3, -0.25) is 10.1 Å². The first-order valence-electron chi connectivity index (χ1n) is 7.74. The average molecular weight is 421 g/mol. The van der Waals surface area contributed by atoms with Crippen molar-refractivity contribution >= 4 is 40.4 Å². The zero-order chi connectivity index (χ0) is 20.0. The fourth-order valence-electron chi connectivity index (χ4n) is 2.21. The molecule has 8 nitrogen and oxygen atoms in total. The SMILES string of the molecule is CCOC(=O)C(F)(F)CN(CCc1cccs1)c1nc(Cl)ncc1[N+](=O)[O-]. The van der Waals surface area contributed by atoms with Gasteiger partial charge in [0.05, 0.1) is 18.1 Å². The zero-order valence-electron chi connectivity index (χ0n) is 14.1. The Balaban J connectivity index is 2.36. The first-order chi connectivity index (χ1) is 12.7. The molecule has 0 radical (unpaired) electrons. The summed E-state index contributed by atoms with van der Waals surface area (Å²) in [5.41, 5.74) is -0.592. The van der Waals surface area contributed by atoms with Crippen molar-refractivity contribution in [3.63, 3.8) is 0 Å². The Labute approximate surface area is 161 Å². The van der Waals surface area contributed by atoms with E-state index in [1.807, 2.05) is 5.38 Å². The first-order valence-corrected chi connectivity index (χ1v) is 8.99. The van der Waals surface area contributed by atoms with Gasteiger partial charge in [-0.1, -0.05) is 6.07 Å². The molecule has 0 saturated heterocycles. The molecule has 0 bridgehead atoms. The number of hydrogen-bond acceptors (Lipinski definition) is 8. The Hall–Kier alpha value is -2.40. The summed E-state index contributed by atoms with van der Waals surface area (Å²) in [7, 11) is 0. The van der Waals surface area contributed by atoms with Crippen LogP contribution in [0.4, 0.5) is 20.3 Å². The lowest BCUT2D eigenvalue weighted by atomic mass is 10.2. The van der Waals surface area contributed by atoms with Crippen molar-refractivity contribution in [2.75, 3.05) is 24.6 Å². The quantitative estimate of drug-likeness (QED) is 0.265. The van der Waals surface area contributed by atoms with Crippen LogP contribution in [0.25, 0.3) is 0 Å². The van der Waals surface area contributed by atoms with E-state index in [0.717, 1.165) is 16.0 Å². The highest BCUT2D eigenvalue weighted by molar-refractivity contribution is 7.09. The van der Waals surface area contributed by atoms with Crippen LogP contribution in [-0.2, 0) is 16.0 Å². The Morgan fingerprint density at radius 3 is 2.85 bits per heavy atom. The highest BCUT2D eigenvalue weighted by atomic mass is 35.5. The van der Waals surface area contributed by atoms with Crippen molar-refractivity contribution in [2.24, 2.45) is 0 Å². The van der Waals surface area contributed by atoms with Gasteiger partial charge in [0, 0.05) is 11.4 Å². The Kier molecular flexibility index (Phi) is 6.97. The summed E-state index contributed by atoms with van der Waals surface area (Å²) in [6, 6.07) is 3.59. The largest absolute Gasteiger partial charge is 0.462 e. The van der Waals surface area contributed by atoms with Gasteiger partial charge in [-0.05, 0) is 36.4 Å². The molecule has 0 spiro atoms. The highest BCUT2D eigenvalue weighted by Gasteiger charge is 2.43. The van der Waals surface area contributed by atoms with E-state index in [9.17, 15) is 23.7 Å². The van der Waals surface area contributed by atoms with Gasteiger partial charge in [-0.15, -0.1) is 11.3 Å². The number of anilines is 1. The van der Waals surface area contributed by atoms with Gasteiger partial charge in [0.15, 0.2) is 0 Å². The van der Waals surface area contributed by atoms with Crippen LogP contribution in [0.1, 0.15) is 11.8 Å². The van der Waals surface area contributed by atoms with Gasteiger partial charge in [0.2, 0.25) is 11.1 Å². The van der Waals surface area contributed by atoms with E-state index in [4.69, 9.17) is 11.6 Å². The maximum absolute atomic E-state index is 14.3. The first kappa shape index (κ1) is 20.9. The third kappa shape index (κ3) is 5.54. The van der Waals surface area contributed by atoms with Crippen LogP contribution in [0.2, 0.25) is 5.28 Å². The van der Waals surface area contributed by atoms with Crippen molar-refractivity contribution in [3.05, 3.63) is 44.0 Å². The van der Waals surface area contributed by atoms with Crippen molar-refractivity contribution in [1.82, 2.24) is 9.97 Å². The number of halogens is 3. The van der Waals surface area contributed by atoms with E-state index in [2.05, 4.69) is 14.7 Å². The summed E-state index contributed by atoms with van der Waals surface area (Å²) in [5, 5.41) is 12.7. The minimum Gasteiger partial charge on any atom is -0.462 e. The standard InChI is InChI=1S/C15H15ClF2N4O4S/c1-2-26-13(23)15(17,18)9-21(6-5-10-4-3-7-27-10)12-11(22(24)25)8-19-14(16)20-12/h3-4,7-8H,2,5-6,9H2,1H3. The number of carbonyl (C=O) groups excluding carboxylic acids is 1. The molecule has 0 aliphatic carbocycles. The molecular formula is C15H15ClF2N4O4S. The molecule has 0 saturated carbocycles. The van der Waals surface area contributed by atoms with Crippen LogP contribution in [-0.4, -0.2) is 46.5 Å². The van der Waals surface area contributed by atoms with E-state index in [0.29, 0.717) is 6.42 Å². The molecular weight excluding hydrogens is 406 g/mol. The minimum atomic E-state index is -3.89. The lowest BCUT2D eigenvalue weighted by Crippen LogP contribution is -2.45. The molecule has 0 unspecified atom stereocenters. The van der Waals surface area contributed by atoms with E-state index >= 15 is 0 Å².